The van der Waals surface area contributed by atoms with Crippen LogP contribution in [-0.4, -0.2) is 4.57 Å². The van der Waals surface area contributed by atoms with E-state index in [0.717, 1.165) is 0 Å². The van der Waals surface area contributed by atoms with Gasteiger partial charge in [0.05, 0.1) is 11.0 Å². The molecule has 8 aromatic rings. The molecule has 7 aromatic carbocycles. The lowest BCUT2D eigenvalue weighted by Crippen LogP contribution is -1.93. The highest BCUT2D eigenvalue weighted by atomic mass is 15.0. The van der Waals surface area contributed by atoms with Crippen molar-refractivity contribution in [1.29, 1.82) is 0 Å². The minimum absolute atomic E-state index is 1.18. The number of aromatic nitrogens is 1. The van der Waals surface area contributed by atoms with Crippen molar-refractivity contribution in [1.82, 2.24) is 4.57 Å². The lowest BCUT2D eigenvalue weighted by Gasteiger charge is -2.14. The van der Waals surface area contributed by atoms with Gasteiger partial charge in [0.25, 0.3) is 0 Å². The van der Waals surface area contributed by atoms with Crippen LogP contribution < -0.4 is 0 Å². The third kappa shape index (κ3) is 2.98. The van der Waals surface area contributed by atoms with E-state index < -0.39 is 0 Å². The fraction of sp³-hybridized carbons (Fsp3) is 0. The molecule has 0 atom stereocenters. The first-order chi connectivity index (χ1) is 18.4. The molecule has 0 aliphatic carbocycles. The highest BCUT2D eigenvalue weighted by molar-refractivity contribution is 6.23. The highest BCUT2D eigenvalue weighted by Crippen LogP contribution is 2.40. The van der Waals surface area contributed by atoms with Crippen LogP contribution in [0, 0.1) is 0 Å². The summed E-state index contributed by atoms with van der Waals surface area (Å²) >= 11 is 0. The van der Waals surface area contributed by atoms with Crippen LogP contribution in [0.15, 0.2) is 140 Å². The summed E-state index contributed by atoms with van der Waals surface area (Å²) in [6.07, 6.45) is 0. The van der Waals surface area contributed by atoms with Crippen molar-refractivity contribution in [2.45, 2.75) is 0 Å². The van der Waals surface area contributed by atoms with E-state index in [-0.39, 0.29) is 0 Å². The van der Waals surface area contributed by atoms with Crippen LogP contribution in [0.3, 0.4) is 0 Å². The topological polar surface area (TPSA) is 4.93 Å². The molecule has 8 rings (SSSR count). The summed E-state index contributed by atoms with van der Waals surface area (Å²) in [6.45, 7) is 0. The summed E-state index contributed by atoms with van der Waals surface area (Å²) < 4.78 is 2.37. The van der Waals surface area contributed by atoms with Crippen LogP contribution in [0.1, 0.15) is 0 Å². The smallest absolute Gasteiger partial charge is 0.0541 e. The van der Waals surface area contributed by atoms with Crippen LogP contribution in [0.2, 0.25) is 0 Å². The fourth-order valence-electron chi connectivity index (χ4n) is 6.11. The molecule has 37 heavy (non-hydrogen) atoms. The van der Waals surface area contributed by atoms with Crippen molar-refractivity contribution in [3.8, 4) is 16.8 Å². The van der Waals surface area contributed by atoms with E-state index in [4.69, 9.17) is 0 Å². The molecule has 0 aliphatic rings. The van der Waals surface area contributed by atoms with Crippen molar-refractivity contribution in [3.05, 3.63) is 140 Å². The zero-order valence-electron chi connectivity index (χ0n) is 20.2. The van der Waals surface area contributed by atoms with Crippen molar-refractivity contribution in [2.75, 3.05) is 0 Å². The van der Waals surface area contributed by atoms with Gasteiger partial charge in [-0.1, -0.05) is 103 Å². The van der Waals surface area contributed by atoms with Gasteiger partial charge in [-0.15, -0.1) is 0 Å². The molecule has 0 saturated heterocycles. The van der Waals surface area contributed by atoms with E-state index in [2.05, 4.69) is 144 Å². The van der Waals surface area contributed by atoms with Gasteiger partial charge in [0.15, 0.2) is 0 Å². The molecular weight excluding hydrogens is 446 g/mol. The Hall–Kier alpha value is -4.88. The van der Waals surface area contributed by atoms with Gasteiger partial charge in [-0.3, -0.25) is 0 Å². The third-order valence-electron chi connectivity index (χ3n) is 7.75. The predicted molar refractivity (Wildman–Crippen MR) is 159 cm³/mol. The lowest BCUT2D eigenvalue weighted by atomic mass is 9.90. The second-order valence-electron chi connectivity index (χ2n) is 9.77. The van der Waals surface area contributed by atoms with Crippen LogP contribution >= 0.6 is 0 Å². The highest BCUT2D eigenvalue weighted by Gasteiger charge is 2.15. The molecule has 1 aromatic heterocycles. The normalized spacial score (nSPS) is 11.8. The largest absolute Gasteiger partial charge is 0.309 e. The second-order valence-corrected chi connectivity index (χ2v) is 9.77. The maximum absolute atomic E-state index is 2.38. The fourth-order valence-corrected chi connectivity index (χ4v) is 6.11. The first kappa shape index (κ1) is 20.3. The molecule has 0 bridgehead atoms. The first-order valence-electron chi connectivity index (χ1n) is 12.8. The van der Waals surface area contributed by atoms with Gasteiger partial charge in [-0.05, 0) is 79.8 Å². The molecule has 0 saturated carbocycles. The summed E-state index contributed by atoms with van der Waals surface area (Å²) in [7, 11) is 0. The number of para-hydroxylation sites is 2. The molecule has 1 heterocycles. The molecule has 0 amide bonds. The number of hydrogen-bond donors (Lipinski definition) is 0. The molecule has 1 heteroatoms. The standard InChI is InChI=1S/C36H23N/c1-2-11-27(12-3-1)37-34-17-9-8-15-30(34)33-22-25(20-21-35(33)37)32-23-26-19-18-24-10-4-5-13-28(24)36(26)31-16-7-6-14-29(31)32/h1-23H. The first-order valence-corrected chi connectivity index (χ1v) is 12.8. The number of nitrogens with zero attached hydrogens (tertiary/aromatic N) is 1. The van der Waals surface area contributed by atoms with Gasteiger partial charge in [-0.25, -0.2) is 0 Å². The van der Waals surface area contributed by atoms with E-state index in [9.17, 15) is 0 Å². The lowest BCUT2D eigenvalue weighted by molar-refractivity contribution is 1.18. The van der Waals surface area contributed by atoms with E-state index >= 15 is 0 Å². The van der Waals surface area contributed by atoms with Gasteiger partial charge in [0, 0.05) is 16.5 Å². The Bertz CT molecular complexity index is 2130. The maximum Gasteiger partial charge on any atom is 0.0541 e. The molecule has 0 radical (unpaired) electrons. The number of benzene rings is 7. The Morgan fingerprint density at radius 2 is 1.03 bits per heavy atom. The van der Waals surface area contributed by atoms with E-state index in [0.29, 0.717) is 0 Å². The quantitative estimate of drug-likeness (QED) is 0.222. The van der Waals surface area contributed by atoms with Crippen molar-refractivity contribution >= 4 is 54.1 Å². The number of fused-ring (bicyclic) bond motifs is 8. The Morgan fingerprint density at radius 3 is 1.89 bits per heavy atom. The predicted octanol–water partition coefficient (Wildman–Crippen LogP) is 9.91. The Labute approximate surface area is 214 Å². The van der Waals surface area contributed by atoms with Gasteiger partial charge in [0.2, 0.25) is 0 Å². The molecule has 0 N–H and O–H groups in total. The number of rotatable bonds is 2. The molecule has 0 unspecified atom stereocenters. The van der Waals surface area contributed by atoms with E-state index in [1.165, 1.54) is 70.9 Å². The zero-order valence-corrected chi connectivity index (χ0v) is 20.2. The van der Waals surface area contributed by atoms with Crippen molar-refractivity contribution < 1.29 is 0 Å². The number of hydrogen-bond acceptors (Lipinski definition) is 0. The van der Waals surface area contributed by atoms with Crippen molar-refractivity contribution in [3.63, 3.8) is 0 Å². The summed E-state index contributed by atoms with van der Waals surface area (Å²) in [5.41, 5.74) is 6.17. The average Bonchev–Trinajstić information content (AvgIpc) is 3.30. The average molecular weight is 470 g/mol. The minimum Gasteiger partial charge on any atom is -0.309 e. The molecule has 172 valence electrons. The minimum atomic E-state index is 1.18. The van der Waals surface area contributed by atoms with E-state index in [1.807, 2.05) is 0 Å². The zero-order chi connectivity index (χ0) is 24.3. The summed E-state index contributed by atoms with van der Waals surface area (Å²) in [4.78, 5) is 0. The molecule has 0 fully saturated rings. The second kappa shape index (κ2) is 7.81. The summed E-state index contributed by atoms with van der Waals surface area (Å²) in [6, 6.07) is 50.8. The van der Waals surface area contributed by atoms with Crippen LogP contribution in [0.5, 0.6) is 0 Å². The van der Waals surface area contributed by atoms with Crippen LogP contribution in [0.25, 0.3) is 70.9 Å². The summed E-state index contributed by atoms with van der Waals surface area (Å²) in [5.74, 6) is 0. The third-order valence-corrected chi connectivity index (χ3v) is 7.75. The Kier molecular flexibility index (Phi) is 4.29. The van der Waals surface area contributed by atoms with Crippen molar-refractivity contribution in [2.24, 2.45) is 0 Å². The van der Waals surface area contributed by atoms with E-state index in [1.54, 1.807) is 0 Å². The monoisotopic (exact) mass is 469 g/mol. The van der Waals surface area contributed by atoms with Gasteiger partial charge in [-0.2, -0.15) is 0 Å². The Balaban J connectivity index is 1.45. The van der Waals surface area contributed by atoms with Gasteiger partial charge < -0.3 is 4.57 Å². The maximum atomic E-state index is 2.38. The van der Waals surface area contributed by atoms with Gasteiger partial charge >= 0.3 is 0 Å². The molecule has 0 aliphatic heterocycles. The van der Waals surface area contributed by atoms with Gasteiger partial charge in [0.1, 0.15) is 0 Å². The van der Waals surface area contributed by atoms with Crippen LogP contribution in [0.4, 0.5) is 0 Å². The molecule has 0 spiro atoms. The molecule has 1 nitrogen and oxygen atoms in total. The molecular formula is C36H23N. The SMILES string of the molecule is c1ccc(-n2c3ccccc3c3cc(-c4cc5ccc6ccccc6c5c5ccccc45)ccc32)cc1. The van der Waals surface area contributed by atoms with Crippen LogP contribution in [-0.2, 0) is 0 Å². The Morgan fingerprint density at radius 1 is 0.378 bits per heavy atom. The summed E-state index contributed by atoms with van der Waals surface area (Å²) in [5, 5.41) is 10.3.